The lowest BCUT2D eigenvalue weighted by atomic mass is 9.75. The van der Waals surface area contributed by atoms with E-state index < -0.39 is 0 Å². The lowest BCUT2D eigenvalue weighted by Crippen LogP contribution is -2.43. The molecule has 0 radical (unpaired) electrons. The molecule has 2 saturated heterocycles. The molecule has 1 aromatic heterocycles. The minimum Gasteiger partial charge on any atom is -0.339 e. The highest BCUT2D eigenvalue weighted by atomic mass is 16.2. The van der Waals surface area contributed by atoms with Crippen LogP contribution in [0, 0.1) is 17.8 Å². The number of amides is 1. The molecule has 2 aliphatic carbocycles. The number of hydrogen-bond acceptors (Lipinski definition) is 4. The maximum atomic E-state index is 12.9. The summed E-state index contributed by atoms with van der Waals surface area (Å²) < 4.78 is 0. The van der Waals surface area contributed by atoms with E-state index in [1.165, 1.54) is 69.2 Å². The largest absolute Gasteiger partial charge is 0.339 e. The molecule has 31 heavy (non-hydrogen) atoms. The van der Waals surface area contributed by atoms with Gasteiger partial charge in [-0.1, -0.05) is 6.42 Å². The number of aromatic nitrogens is 1. The number of carbonyl (C=O) groups is 1. The number of fused-ring (bicyclic) bond motifs is 1. The second kappa shape index (κ2) is 9.99. The van der Waals surface area contributed by atoms with Gasteiger partial charge >= 0.3 is 0 Å². The molecule has 1 saturated carbocycles. The first-order valence-electron chi connectivity index (χ1n) is 12.9. The van der Waals surface area contributed by atoms with E-state index in [9.17, 15) is 4.79 Å². The van der Waals surface area contributed by atoms with Crippen LogP contribution in [0.1, 0.15) is 68.9 Å². The summed E-state index contributed by atoms with van der Waals surface area (Å²) in [4.78, 5) is 19.4. The number of carbonyl (C=O) groups excluding carboxylic acids is 1. The van der Waals surface area contributed by atoms with Gasteiger partial charge in [0.2, 0.25) is 5.91 Å². The Morgan fingerprint density at radius 3 is 2.74 bits per heavy atom. The van der Waals surface area contributed by atoms with Gasteiger partial charge in [0.15, 0.2) is 0 Å². The quantitative estimate of drug-likeness (QED) is 0.736. The number of nitrogens with one attached hydrogen (secondary N) is 2. The van der Waals surface area contributed by atoms with Crippen molar-refractivity contribution in [2.24, 2.45) is 17.8 Å². The molecular formula is C26H40N4O. The van der Waals surface area contributed by atoms with Gasteiger partial charge in [-0.05, 0) is 106 Å². The molecule has 5 rings (SSSR count). The van der Waals surface area contributed by atoms with Crippen molar-refractivity contribution in [3.8, 4) is 0 Å². The Morgan fingerprint density at radius 1 is 1.00 bits per heavy atom. The van der Waals surface area contributed by atoms with Crippen LogP contribution >= 0.6 is 0 Å². The predicted octanol–water partition coefficient (Wildman–Crippen LogP) is 3.33. The van der Waals surface area contributed by atoms with E-state index in [2.05, 4.69) is 26.6 Å². The van der Waals surface area contributed by atoms with Gasteiger partial charge in [0.25, 0.3) is 0 Å². The molecule has 5 heteroatoms. The molecule has 3 fully saturated rings. The Balaban J connectivity index is 1.06. The molecule has 2 aliphatic heterocycles. The lowest BCUT2D eigenvalue weighted by molar-refractivity contribution is -0.129. The third kappa shape index (κ3) is 5.14. The number of hydrogen-bond donors (Lipinski definition) is 2. The minimum absolute atomic E-state index is 0.404. The molecule has 3 heterocycles. The van der Waals surface area contributed by atoms with Crippen LogP contribution in [0.5, 0.6) is 0 Å². The Hall–Kier alpha value is -1.46. The monoisotopic (exact) mass is 424 g/mol. The first-order chi connectivity index (χ1) is 15.3. The average Bonchev–Trinajstić information content (AvgIpc) is 3.21. The molecule has 170 valence electrons. The molecule has 0 aromatic carbocycles. The summed E-state index contributed by atoms with van der Waals surface area (Å²) >= 11 is 0. The van der Waals surface area contributed by atoms with E-state index >= 15 is 0 Å². The topological polar surface area (TPSA) is 57.3 Å². The van der Waals surface area contributed by atoms with Crippen LogP contribution in [0.4, 0.5) is 0 Å². The van der Waals surface area contributed by atoms with Crippen molar-refractivity contribution in [3.05, 3.63) is 29.6 Å². The van der Waals surface area contributed by atoms with Crippen LogP contribution < -0.4 is 10.6 Å². The Bertz CT molecular complexity index is 739. The van der Waals surface area contributed by atoms with Crippen LogP contribution in [0.15, 0.2) is 18.5 Å². The normalized spacial score (nSPS) is 34.0. The fourth-order valence-electron chi connectivity index (χ4n) is 6.68. The van der Waals surface area contributed by atoms with Crippen molar-refractivity contribution in [2.75, 3.05) is 26.2 Å². The zero-order chi connectivity index (χ0) is 21.0. The SMILES string of the molecule is O=C1CC(C2CCC(CNCC3CCCCN3)CC2)CN1C1CCc2cnccc2C1. The zero-order valence-corrected chi connectivity index (χ0v) is 19.0. The number of rotatable bonds is 6. The Kier molecular flexibility index (Phi) is 6.90. The van der Waals surface area contributed by atoms with Gasteiger partial charge in [-0.15, -0.1) is 0 Å². The van der Waals surface area contributed by atoms with Crippen molar-refractivity contribution in [1.82, 2.24) is 20.5 Å². The summed E-state index contributed by atoms with van der Waals surface area (Å²) in [5.74, 6) is 2.59. The molecule has 4 aliphatic rings. The van der Waals surface area contributed by atoms with Crippen molar-refractivity contribution in [3.63, 3.8) is 0 Å². The van der Waals surface area contributed by atoms with Gasteiger partial charge in [-0.3, -0.25) is 9.78 Å². The second-order valence-corrected chi connectivity index (χ2v) is 10.6. The van der Waals surface area contributed by atoms with E-state index in [0.717, 1.165) is 50.6 Å². The number of pyridine rings is 1. The zero-order valence-electron chi connectivity index (χ0n) is 19.0. The highest BCUT2D eigenvalue weighted by Crippen LogP contribution is 2.39. The number of piperidine rings is 1. The predicted molar refractivity (Wildman–Crippen MR) is 124 cm³/mol. The van der Waals surface area contributed by atoms with Crippen LogP contribution in [0.2, 0.25) is 0 Å². The van der Waals surface area contributed by atoms with Gasteiger partial charge in [-0.25, -0.2) is 0 Å². The van der Waals surface area contributed by atoms with Gasteiger partial charge in [0, 0.05) is 44.0 Å². The van der Waals surface area contributed by atoms with E-state index in [4.69, 9.17) is 0 Å². The molecule has 0 spiro atoms. The van der Waals surface area contributed by atoms with E-state index in [0.29, 0.717) is 23.9 Å². The summed E-state index contributed by atoms with van der Waals surface area (Å²) in [5.41, 5.74) is 2.78. The maximum Gasteiger partial charge on any atom is 0.223 e. The number of likely N-dealkylation sites (tertiary alicyclic amines) is 1. The molecule has 3 atom stereocenters. The Morgan fingerprint density at radius 2 is 1.90 bits per heavy atom. The second-order valence-electron chi connectivity index (χ2n) is 10.6. The smallest absolute Gasteiger partial charge is 0.223 e. The highest BCUT2D eigenvalue weighted by molar-refractivity contribution is 5.79. The molecule has 2 N–H and O–H groups in total. The molecular weight excluding hydrogens is 384 g/mol. The van der Waals surface area contributed by atoms with Gasteiger partial charge in [0.05, 0.1) is 0 Å². The third-order valence-electron chi connectivity index (χ3n) is 8.63. The maximum absolute atomic E-state index is 12.9. The van der Waals surface area contributed by atoms with Crippen molar-refractivity contribution >= 4 is 5.91 Å². The summed E-state index contributed by atoms with van der Waals surface area (Å²) in [7, 11) is 0. The fourth-order valence-corrected chi connectivity index (χ4v) is 6.68. The molecule has 1 aromatic rings. The Labute approximate surface area is 187 Å². The third-order valence-corrected chi connectivity index (χ3v) is 8.63. The van der Waals surface area contributed by atoms with Gasteiger partial charge in [0.1, 0.15) is 0 Å². The summed E-state index contributed by atoms with van der Waals surface area (Å²) in [5, 5.41) is 7.38. The van der Waals surface area contributed by atoms with E-state index in [1.54, 1.807) is 0 Å². The summed E-state index contributed by atoms with van der Waals surface area (Å²) in [6.07, 6.45) is 17.3. The average molecular weight is 425 g/mol. The molecule has 3 unspecified atom stereocenters. The van der Waals surface area contributed by atoms with E-state index in [1.807, 2.05) is 12.4 Å². The van der Waals surface area contributed by atoms with Crippen LogP contribution in [0.3, 0.4) is 0 Å². The fraction of sp³-hybridized carbons (Fsp3) is 0.769. The standard InChI is InChI=1S/C26H40N4O/c31-26-14-23(18-30(26)25-9-8-22-16-27-12-10-21(22)13-25)20-6-4-19(5-7-20)15-28-17-24-3-1-2-11-29-24/h10,12,16,19-20,23-25,28-29H,1-9,11,13-15,17-18H2. The van der Waals surface area contributed by atoms with Crippen molar-refractivity contribution < 1.29 is 4.79 Å². The summed E-state index contributed by atoms with van der Waals surface area (Å²) in [6, 6.07) is 3.24. The van der Waals surface area contributed by atoms with E-state index in [-0.39, 0.29) is 0 Å². The highest BCUT2D eigenvalue weighted by Gasteiger charge is 2.39. The summed E-state index contributed by atoms with van der Waals surface area (Å²) in [6.45, 7) is 4.51. The van der Waals surface area contributed by atoms with Gasteiger partial charge in [-0.2, -0.15) is 0 Å². The van der Waals surface area contributed by atoms with Crippen LogP contribution in [-0.2, 0) is 17.6 Å². The first kappa shape index (κ1) is 21.4. The lowest BCUT2D eigenvalue weighted by Gasteiger charge is -2.35. The minimum atomic E-state index is 0.404. The van der Waals surface area contributed by atoms with Gasteiger partial charge < -0.3 is 15.5 Å². The number of nitrogens with zero attached hydrogens (tertiary/aromatic N) is 2. The van der Waals surface area contributed by atoms with Crippen molar-refractivity contribution in [1.29, 1.82) is 0 Å². The van der Waals surface area contributed by atoms with Crippen molar-refractivity contribution in [2.45, 2.75) is 82.7 Å². The molecule has 5 nitrogen and oxygen atoms in total. The molecule has 1 amide bonds. The van der Waals surface area contributed by atoms with Crippen LogP contribution in [0.25, 0.3) is 0 Å². The molecule has 0 bridgehead atoms. The number of aryl methyl sites for hydroxylation is 1. The van der Waals surface area contributed by atoms with Crippen LogP contribution in [-0.4, -0.2) is 54.1 Å². The first-order valence-corrected chi connectivity index (χ1v) is 12.9.